The predicted octanol–water partition coefficient (Wildman–Crippen LogP) is 1.10. The molecule has 5 heteroatoms. The Balaban J connectivity index is 2.11. The minimum Gasteiger partial charge on any atom is -0.365 e. The molecule has 5 nitrogen and oxygen atoms in total. The fraction of sp³-hybridized carbons (Fsp3) is 0.571. The molecule has 2 rings (SSSR count). The van der Waals surface area contributed by atoms with Gasteiger partial charge in [-0.2, -0.15) is 0 Å². The van der Waals surface area contributed by atoms with Gasteiger partial charge in [-0.25, -0.2) is 4.98 Å². The average molecular weight is 262 g/mol. The number of hydrogen-bond acceptors (Lipinski definition) is 4. The Morgan fingerprint density at radius 1 is 1.58 bits per heavy atom. The van der Waals surface area contributed by atoms with E-state index in [4.69, 9.17) is 5.73 Å². The van der Waals surface area contributed by atoms with Crippen molar-refractivity contribution in [1.29, 1.82) is 0 Å². The summed E-state index contributed by atoms with van der Waals surface area (Å²) in [5, 5.41) is 0. The number of piperidine rings is 1. The normalized spacial score (nSPS) is 20.2. The third kappa shape index (κ3) is 3.23. The smallest absolute Gasteiger partial charge is 0.252 e. The summed E-state index contributed by atoms with van der Waals surface area (Å²) in [5.74, 6) is 0.251. The quantitative estimate of drug-likeness (QED) is 0.882. The Morgan fingerprint density at radius 3 is 3.05 bits per heavy atom. The van der Waals surface area contributed by atoms with Gasteiger partial charge in [0.25, 0.3) is 5.91 Å². The van der Waals surface area contributed by atoms with Crippen LogP contribution in [0.1, 0.15) is 29.6 Å². The number of carbonyl (C=O) groups excluding carboxylic acids is 1. The van der Waals surface area contributed by atoms with Crippen molar-refractivity contribution in [3.8, 4) is 0 Å². The summed E-state index contributed by atoms with van der Waals surface area (Å²) in [7, 11) is 4.13. The van der Waals surface area contributed by atoms with Gasteiger partial charge >= 0.3 is 0 Å². The fourth-order valence-electron chi connectivity index (χ4n) is 2.67. The highest BCUT2D eigenvalue weighted by molar-refractivity contribution is 5.97. The van der Waals surface area contributed by atoms with Crippen LogP contribution in [0.3, 0.4) is 0 Å². The van der Waals surface area contributed by atoms with Crippen molar-refractivity contribution in [3.05, 3.63) is 23.9 Å². The molecule has 1 atom stereocenters. The average Bonchev–Trinajstić information content (AvgIpc) is 2.41. The minimum atomic E-state index is -0.424. The molecule has 0 aliphatic carbocycles. The number of likely N-dealkylation sites (tertiary alicyclic amines) is 1. The number of anilines is 1. The molecule has 104 valence electrons. The van der Waals surface area contributed by atoms with Crippen LogP contribution in [0.4, 0.5) is 5.82 Å². The first-order valence-corrected chi connectivity index (χ1v) is 6.76. The lowest BCUT2D eigenvalue weighted by Gasteiger charge is -2.35. The van der Waals surface area contributed by atoms with E-state index >= 15 is 0 Å². The zero-order valence-corrected chi connectivity index (χ0v) is 11.7. The van der Waals surface area contributed by atoms with Crippen LogP contribution in [0, 0.1) is 0 Å². The number of nitrogens with two attached hydrogens (primary N) is 1. The van der Waals surface area contributed by atoms with Crippen molar-refractivity contribution >= 4 is 11.7 Å². The molecule has 2 N–H and O–H groups in total. The number of nitrogens with zero attached hydrogens (tertiary/aromatic N) is 3. The summed E-state index contributed by atoms with van der Waals surface area (Å²) >= 11 is 0. The zero-order chi connectivity index (χ0) is 13.8. The van der Waals surface area contributed by atoms with Crippen molar-refractivity contribution in [3.63, 3.8) is 0 Å². The zero-order valence-electron chi connectivity index (χ0n) is 11.7. The molecular formula is C14H22N4O. The molecule has 0 spiro atoms. The predicted molar refractivity (Wildman–Crippen MR) is 76.3 cm³/mol. The topological polar surface area (TPSA) is 62.5 Å². The van der Waals surface area contributed by atoms with E-state index in [9.17, 15) is 4.79 Å². The molecule has 1 amide bonds. The van der Waals surface area contributed by atoms with E-state index in [-0.39, 0.29) is 0 Å². The van der Waals surface area contributed by atoms with Crippen LogP contribution in [0.5, 0.6) is 0 Å². The van der Waals surface area contributed by atoms with E-state index < -0.39 is 5.91 Å². The highest BCUT2D eigenvalue weighted by atomic mass is 16.1. The van der Waals surface area contributed by atoms with Crippen molar-refractivity contribution in [2.24, 2.45) is 5.73 Å². The third-order valence-electron chi connectivity index (χ3n) is 3.82. The summed E-state index contributed by atoms with van der Waals surface area (Å²) in [6, 6.07) is 3.98. The van der Waals surface area contributed by atoms with Crippen molar-refractivity contribution < 1.29 is 4.79 Å². The van der Waals surface area contributed by atoms with Gasteiger partial charge in [-0.15, -0.1) is 0 Å². The number of likely N-dealkylation sites (N-methyl/N-ethyl adjacent to an activating group) is 2. The number of aromatic nitrogens is 1. The second kappa shape index (κ2) is 6.02. The first-order valence-electron chi connectivity index (χ1n) is 6.76. The lowest BCUT2D eigenvalue weighted by molar-refractivity contribution is 0.100. The van der Waals surface area contributed by atoms with Crippen LogP contribution < -0.4 is 10.6 Å². The van der Waals surface area contributed by atoms with Crippen LogP contribution in [-0.2, 0) is 0 Å². The van der Waals surface area contributed by atoms with Gasteiger partial charge in [0.15, 0.2) is 0 Å². The lowest BCUT2D eigenvalue weighted by atomic mass is 10.0. The molecule has 1 aromatic rings. The standard InChI is InChI=1S/C14H22N4O/c1-17-9-4-3-6-11(17)10-18(2)14-12(13(15)19)7-5-8-16-14/h5,7-8,11H,3-4,6,9-10H2,1-2H3,(H2,15,19)/t11-/m0/s1. The maximum absolute atomic E-state index is 11.4. The summed E-state index contributed by atoms with van der Waals surface area (Å²) in [6.45, 7) is 2.01. The van der Waals surface area contributed by atoms with Crippen LogP contribution in [-0.4, -0.2) is 49.0 Å². The maximum atomic E-state index is 11.4. The van der Waals surface area contributed by atoms with E-state index in [0.717, 1.165) is 13.1 Å². The molecular weight excluding hydrogens is 240 g/mol. The molecule has 0 saturated carbocycles. The molecule has 1 fully saturated rings. The van der Waals surface area contributed by atoms with Crippen LogP contribution in [0.25, 0.3) is 0 Å². The highest BCUT2D eigenvalue weighted by Gasteiger charge is 2.22. The Labute approximate surface area is 114 Å². The van der Waals surface area contributed by atoms with Crippen LogP contribution >= 0.6 is 0 Å². The third-order valence-corrected chi connectivity index (χ3v) is 3.82. The van der Waals surface area contributed by atoms with Crippen molar-refractivity contribution in [2.45, 2.75) is 25.3 Å². The second-order valence-corrected chi connectivity index (χ2v) is 5.25. The minimum absolute atomic E-state index is 0.424. The fourth-order valence-corrected chi connectivity index (χ4v) is 2.67. The molecule has 1 saturated heterocycles. The van der Waals surface area contributed by atoms with Gasteiger partial charge < -0.3 is 15.5 Å². The molecule has 0 aromatic carbocycles. The molecule has 0 unspecified atom stereocenters. The number of hydrogen-bond donors (Lipinski definition) is 1. The Morgan fingerprint density at radius 2 is 2.37 bits per heavy atom. The van der Waals surface area contributed by atoms with Crippen LogP contribution in [0.15, 0.2) is 18.3 Å². The number of pyridine rings is 1. The number of primary amides is 1. The number of carbonyl (C=O) groups is 1. The molecule has 1 aromatic heterocycles. The monoisotopic (exact) mass is 262 g/mol. The summed E-state index contributed by atoms with van der Waals surface area (Å²) in [5.41, 5.74) is 5.89. The maximum Gasteiger partial charge on any atom is 0.252 e. The van der Waals surface area contributed by atoms with Gasteiger partial charge in [-0.3, -0.25) is 4.79 Å². The van der Waals surface area contributed by atoms with Crippen LogP contribution in [0.2, 0.25) is 0 Å². The molecule has 2 heterocycles. The van der Waals surface area contributed by atoms with E-state index in [1.54, 1.807) is 18.3 Å². The van der Waals surface area contributed by atoms with Gasteiger partial charge in [-0.05, 0) is 38.6 Å². The van der Waals surface area contributed by atoms with Gasteiger partial charge in [0.1, 0.15) is 5.82 Å². The second-order valence-electron chi connectivity index (χ2n) is 5.25. The molecule has 1 aliphatic heterocycles. The van der Waals surface area contributed by atoms with Crippen molar-refractivity contribution in [1.82, 2.24) is 9.88 Å². The lowest BCUT2D eigenvalue weighted by Crippen LogP contribution is -2.44. The molecule has 19 heavy (non-hydrogen) atoms. The number of rotatable bonds is 4. The largest absolute Gasteiger partial charge is 0.365 e. The van der Waals surface area contributed by atoms with Gasteiger partial charge in [0.2, 0.25) is 0 Å². The Kier molecular flexibility index (Phi) is 4.37. The highest BCUT2D eigenvalue weighted by Crippen LogP contribution is 2.20. The molecule has 0 radical (unpaired) electrons. The van der Waals surface area contributed by atoms with Gasteiger partial charge in [-0.1, -0.05) is 6.42 Å². The first-order chi connectivity index (χ1) is 9.09. The van der Waals surface area contributed by atoms with E-state index in [1.165, 1.54) is 19.3 Å². The SMILES string of the molecule is CN(C[C@@H]1CCCCN1C)c1ncccc1C(N)=O. The van der Waals surface area contributed by atoms with Gasteiger partial charge in [0, 0.05) is 25.8 Å². The first kappa shape index (κ1) is 13.8. The summed E-state index contributed by atoms with van der Waals surface area (Å²) in [4.78, 5) is 20.1. The summed E-state index contributed by atoms with van der Waals surface area (Å²) < 4.78 is 0. The summed E-state index contributed by atoms with van der Waals surface area (Å²) in [6.07, 6.45) is 5.43. The van der Waals surface area contributed by atoms with E-state index in [0.29, 0.717) is 17.4 Å². The number of amides is 1. The Hall–Kier alpha value is -1.62. The van der Waals surface area contributed by atoms with E-state index in [2.05, 4.69) is 16.9 Å². The van der Waals surface area contributed by atoms with Gasteiger partial charge in [0.05, 0.1) is 5.56 Å². The van der Waals surface area contributed by atoms with E-state index in [1.807, 2.05) is 11.9 Å². The molecule has 1 aliphatic rings. The molecule has 0 bridgehead atoms. The Bertz CT molecular complexity index is 449. The van der Waals surface area contributed by atoms with Crippen molar-refractivity contribution in [2.75, 3.05) is 32.1 Å².